The average Bonchev–Trinajstić information content (AvgIpc) is 2.69. The summed E-state index contributed by atoms with van der Waals surface area (Å²) in [5, 5.41) is 5.94. The van der Waals surface area contributed by atoms with Crippen LogP contribution < -0.4 is 10.6 Å². The number of anilines is 3. The zero-order chi connectivity index (χ0) is 19.1. The van der Waals surface area contributed by atoms with Crippen molar-refractivity contribution in [3.8, 4) is 0 Å². The third kappa shape index (κ3) is 4.70. The van der Waals surface area contributed by atoms with E-state index in [-0.39, 0.29) is 11.6 Å². The molecule has 3 rings (SSSR count). The number of ether oxygens (including phenoxy) is 1. The van der Waals surface area contributed by atoms with E-state index in [2.05, 4.69) is 15.6 Å². The van der Waals surface area contributed by atoms with Gasteiger partial charge in [-0.3, -0.25) is 9.78 Å². The second-order valence-electron chi connectivity index (χ2n) is 5.64. The maximum Gasteiger partial charge on any atom is 0.340 e. The van der Waals surface area contributed by atoms with Gasteiger partial charge in [0.05, 0.1) is 17.9 Å². The monoisotopic (exact) mass is 361 g/mol. The van der Waals surface area contributed by atoms with Crippen molar-refractivity contribution in [1.29, 1.82) is 0 Å². The van der Waals surface area contributed by atoms with E-state index in [1.54, 1.807) is 49.4 Å². The van der Waals surface area contributed by atoms with Gasteiger partial charge in [-0.2, -0.15) is 0 Å². The highest BCUT2D eigenvalue weighted by Crippen LogP contribution is 2.22. The summed E-state index contributed by atoms with van der Waals surface area (Å²) in [6, 6.07) is 19.5. The molecule has 6 nitrogen and oxygen atoms in total. The lowest BCUT2D eigenvalue weighted by Gasteiger charge is -2.12. The number of carbonyl (C=O) groups excluding carboxylic acids is 2. The van der Waals surface area contributed by atoms with E-state index < -0.39 is 5.97 Å². The van der Waals surface area contributed by atoms with Gasteiger partial charge in [-0.1, -0.05) is 30.3 Å². The number of hydrogen-bond donors (Lipinski definition) is 2. The van der Waals surface area contributed by atoms with Crippen LogP contribution in [0.1, 0.15) is 27.8 Å². The van der Waals surface area contributed by atoms with Crippen molar-refractivity contribution in [3.63, 3.8) is 0 Å². The number of nitrogens with one attached hydrogen (secondary N) is 2. The molecule has 1 aromatic heterocycles. The highest BCUT2D eigenvalue weighted by atomic mass is 16.5. The fourth-order valence-corrected chi connectivity index (χ4v) is 2.48. The summed E-state index contributed by atoms with van der Waals surface area (Å²) in [7, 11) is 0. The topological polar surface area (TPSA) is 80.3 Å². The van der Waals surface area contributed by atoms with Gasteiger partial charge in [0.15, 0.2) is 0 Å². The Morgan fingerprint density at radius 1 is 0.963 bits per heavy atom. The fourth-order valence-electron chi connectivity index (χ4n) is 2.48. The van der Waals surface area contributed by atoms with Crippen LogP contribution in [0.25, 0.3) is 0 Å². The summed E-state index contributed by atoms with van der Waals surface area (Å²) in [6.45, 7) is 2.06. The van der Waals surface area contributed by atoms with Crippen LogP contribution in [0, 0.1) is 0 Å². The van der Waals surface area contributed by atoms with Crippen LogP contribution in [-0.2, 0) is 4.74 Å². The van der Waals surface area contributed by atoms with Gasteiger partial charge in [-0.25, -0.2) is 4.79 Å². The molecule has 1 heterocycles. The molecule has 1 amide bonds. The lowest BCUT2D eigenvalue weighted by atomic mass is 10.1. The van der Waals surface area contributed by atoms with Gasteiger partial charge in [0.2, 0.25) is 0 Å². The summed E-state index contributed by atoms with van der Waals surface area (Å²) in [6.07, 6.45) is 1.54. The molecular weight excluding hydrogens is 342 g/mol. The number of carbonyl (C=O) groups is 2. The van der Waals surface area contributed by atoms with Crippen molar-refractivity contribution in [3.05, 3.63) is 84.2 Å². The molecule has 0 spiro atoms. The Labute approximate surface area is 157 Å². The van der Waals surface area contributed by atoms with Gasteiger partial charge < -0.3 is 15.4 Å². The van der Waals surface area contributed by atoms with Gasteiger partial charge in [-0.05, 0) is 43.3 Å². The van der Waals surface area contributed by atoms with E-state index in [0.29, 0.717) is 29.2 Å². The maximum absolute atomic E-state index is 12.4. The van der Waals surface area contributed by atoms with Gasteiger partial charge in [0, 0.05) is 17.6 Å². The molecule has 0 atom stereocenters. The molecule has 2 aromatic carbocycles. The standard InChI is InChI=1S/C21H19N3O3/c1-2-27-21(26)17-10-6-7-11-18(17)23-16-12-13-22-19(14-16)20(25)24-15-8-4-3-5-9-15/h3-14H,2H2,1H3,(H,22,23)(H,24,25). The number of rotatable bonds is 6. The molecule has 0 fully saturated rings. The number of aromatic nitrogens is 1. The molecule has 0 unspecified atom stereocenters. The highest BCUT2D eigenvalue weighted by Gasteiger charge is 2.13. The van der Waals surface area contributed by atoms with E-state index in [1.165, 1.54) is 6.20 Å². The molecule has 0 bridgehead atoms. The van der Waals surface area contributed by atoms with E-state index in [4.69, 9.17) is 4.74 Å². The lowest BCUT2D eigenvalue weighted by Crippen LogP contribution is -2.14. The summed E-state index contributed by atoms with van der Waals surface area (Å²) in [5.41, 5.74) is 2.61. The minimum atomic E-state index is -0.406. The molecule has 0 radical (unpaired) electrons. The predicted molar refractivity (Wildman–Crippen MR) is 104 cm³/mol. The van der Waals surface area contributed by atoms with Crippen LogP contribution in [0.5, 0.6) is 0 Å². The van der Waals surface area contributed by atoms with Gasteiger partial charge in [-0.15, -0.1) is 0 Å². The van der Waals surface area contributed by atoms with Gasteiger partial charge in [0.25, 0.3) is 5.91 Å². The minimum Gasteiger partial charge on any atom is -0.462 e. The first kappa shape index (κ1) is 18.1. The van der Waals surface area contributed by atoms with Crippen LogP contribution >= 0.6 is 0 Å². The SMILES string of the molecule is CCOC(=O)c1ccccc1Nc1ccnc(C(=O)Nc2ccccc2)c1. The lowest BCUT2D eigenvalue weighted by molar-refractivity contribution is 0.0527. The Hall–Kier alpha value is -3.67. The smallest absolute Gasteiger partial charge is 0.340 e. The first-order valence-electron chi connectivity index (χ1n) is 8.53. The second kappa shape index (κ2) is 8.62. The molecule has 0 saturated heterocycles. The Balaban J connectivity index is 1.79. The highest BCUT2D eigenvalue weighted by molar-refractivity contribution is 6.03. The van der Waals surface area contributed by atoms with Gasteiger partial charge in [0.1, 0.15) is 5.69 Å². The fraction of sp³-hybridized carbons (Fsp3) is 0.0952. The summed E-state index contributed by atoms with van der Waals surface area (Å²) in [4.78, 5) is 28.6. The van der Waals surface area contributed by atoms with Crippen molar-refractivity contribution in [2.24, 2.45) is 0 Å². The largest absolute Gasteiger partial charge is 0.462 e. The average molecular weight is 361 g/mol. The van der Waals surface area contributed by atoms with Crippen molar-refractivity contribution >= 4 is 28.9 Å². The summed E-state index contributed by atoms with van der Waals surface area (Å²) < 4.78 is 5.08. The third-order valence-electron chi connectivity index (χ3n) is 3.73. The molecule has 6 heteroatoms. The minimum absolute atomic E-state index is 0.262. The molecule has 0 aliphatic heterocycles. The molecule has 0 aliphatic rings. The van der Waals surface area contributed by atoms with Crippen molar-refractivity contribution in [1.82, 2.24) is 4.98 Å². The summed E-state index contributed by atoms with van der Waals surface area (Å²) in [5.74, 6) is -0.722. The number of pyridine rings is 1. The van der Waals surface area contributed by atoms with E-state index in [1.807, 2.05) is 24.3 Å². The maximum atomic E-state index is 12.4. The molecule has 0 saturated carbocycles. The van der Waals surface area contributed by atoms with E-state index >= 15 is 0 Å². The van der Waals surface area contributed by atoms with Crippen LogP contribution in [0.4, 0.5) is 17.1 Å². The third-order valence-corrected chi connectivity index (χ3v) is 3.73. The number of hydrogen-bond acceptors (Lipinski definition) is 5. The Bertz CT molecular complexity index is 942. The molecule has 0 aliphatic carbocycles. The first-order chi connectivity index (χ1) is 13.2. The van der Waals surface area contributed by atoms with Crippen LogP contribution in [-0.4, -0.2) is 23.5 Å². The first-order valence-corrected chi connectivity index (χ1v) is 8.53. The van der Waals surface area contributed by atoms with E-state index in [9.17, 15) is 9.59 Å². The molecule has 136 valence electrons. The number of esters is 1. The van der Waals surface area contributed by atoms with Crippen LogP contribution in [0.2, 0.25) is 0 Å². The van der Waals surface area contributed by atoms with Crippen LogP contribution in [0.3, 0.4) is 0 Å². The second-order valence-corrected chi connectivity index (χ2v) is 5.64. The normalized spacial score (nSPS) is 10.1. The van der Waals surface area contributed by atoms with Crippen molar-refractivity contribution < 1.29 is 14.3 Å². The quantitative estimate of drug-likeness (QED) is 0.642. The predicted octanol–water partition coefficient (Wildman–Crippen LogP) is 4.25. The Morgan fingerprint density at radius 3 is 2.48 bits per heavy atom. The molecule has 3 aromatic rings. The Kier molecular flexibility index (Phi) is 5.79. The summed E-state index contributed by atoms with van der Waals surface area (Å²) >= 11 is 0. The zero-order valence-electron chi connectivity index (χ0n) is 14.8. The molecule has 2 N–H and O–H groups in total. The zero-order valence-corrected chi connectivity index (χ0v) is 14.8. The molecular formula is C21H19N3O3. The number of nitrogens with zero attached hydrogens (tertiary/aromatic N) is 1. The molecule has 27 heavy (non-hydrogen) atoms. The number of amides is 1. The Morgan fingerprint density at radius 2 is 1.70 bits per heavy atom. The van der Waals surface area contributed by atoms with E-state index in [0.717, 1.165) is 0 Å². The number of para-hydroxylation sites is 2. The van der Waals surface area contributed by atoms with Crippen molar-refractivity contribution in [2.75, 3.05) is 17.2 Å². The van der Waals surface area contributed by atoms with Gasteiger partial charge >= 0.3 is 5.97 Å². The van der Waals surface area contributed by atoms with Crippen molar-refractivity contribution in [2.45, 2.75) is 6.92 Å². The van der Waals surface area contributed by atoms with Crippen LogP contribution in [0.15, 0.2) is 72.9 Å². The number of benzene rings is 2.